The van der Waals surface area contributed by atoms with E-state index in [4.69, 9.17) is 4.74 Å². The van der Waals surface area contributed by atoms with Crippen LogP contribution in [0.15, 0.2) is 0 Å². The van der Waals surface area contributed by atoms with Crippen LogP contribution in [0, 0.1) is 16.7 Å². The summed E-state index contributed by atoms with van der Waals surface area (Å²) in [6.45, 7) is 13.4. The van der Waals surface area contributed by atoms with Gasteiger partial charge in [-0.1, -0.05) is 54.9 Å². The molecule has 1 N–H and O–H groups in total. The minimum atomic E-state index is -1.49. The van der Waals surface area contributed by atoms with Gasteiger partial charge < -0.3 is 9.84 Å². The lowest BCUT2D eigenvalue weighted by Gasteiger charge is -2.39. The van der Waals surface area contributed by atoms with Crippen molar-refractivity contribution >= 4 is 11.9 Å². The zero-order valence-corrected chi connectivity index (χ0v) is 15.4. The van der Waals surface area contributed by atoms with Crippen molar-refractivity contribution in [3.63, 3.8) is 0 Å². The first-order valence-corrected chi connectivity index (χ1v) is 8.47. The van der Waals surface area contributed by atoms with Crippen molar-refractivity contribution in [1.29, 1.82) is 0 Å². The molecule has 0 amide bonds. The number of carbonyl (C=O) groups is 2. The summed E-state index contributed by atoms with van der Waals surface area (Å²) in [5.41, 5.74) is -2.18. The fourth-order valence-corrected chi connectivity index (χ4v) is 2.89. The van der Waals surface area contributed by atoms with Gasteiger partial charge in [-0.15, -0.1) is 0 Å². The Balaban J connectivity index is 5.05. The molecule has 0 saturated heterocycles. The first-order chi connectivity index (χ1) is 10.0. The van der Waals surface area contributed by atoms with Crippen LogP contribution in [-0.4, -0.2) is 23.1 Å². The molecule has 130 valence electrons. The average molecular weight is 314 g/mol. The van der Waals surface area contributed by atoms with Crippen molar-refractivity contribution in [3.8, 4) is 0 Å². The highest BCUT2D eigenvalue weighted by molar-refractivity contribution is 6.00. The van der Waals surface area contributed by atoms with E-state index >= 15 is 0 Å². The van der Waals surface area contributed by atoms with Gasteiger partial charge in [0.1, 0.15) is 6.10 Å². The fraction of sp³-hybridized carbons (Fsp3) is 0.889. The van der Waals surface area contributed by atoms with E-state index in [1.807, 2.05) is 6.92 Å². The Morgan fingerprint density at radius 3 is 1.95 bits per heavy atom. The highest BCUT2D eigenvalue weighted by Gasteiger charge is 2.55. The molecule has 0 rings (SSSR count). The molecule has 0 fully saturated rings. The Kier molecular flexibility index (Phi) is 8.13. The van der Waals surface area contributed by atoms with Crippen LogP contribution >= 0.6 is 0 Å². The molecule has 0 radical (unpaired) electrons. The minimum absolute atomic E-state index is 0.195. The van der Waals surface area contributed by atoms with Crippen molar-refractivity contribution in [2.75, 3.05) is 0 Å². The third kappa shape index (κ3) is 4.99. The SMILES string of the molecule is CCC(CCCC(C)C)OC(=O)C(CC)(C(=O)O)C(C)(C)C. The molecule has 0 aromatic carbocycles. The van der Waals surface area contributed by atoms with E-state index < -0.39 is 22.8 Å². The first kappa shape index (κ1) is 20.9. The van der Waals surface area contributed by atoms with Crippen LogP contribution in [0.4, 0.5) is 0 Å². The molecule has 0 aromatic rings. The van der Waals surface area contributed by atoms with E-state index in [0.717, 1.165) is 19.3 Å². The predicted molar refractivity (Wildman–Crippen MR) is 88.7 cm³/mol. The van der Waals surface area contributed by atoms with Gasteiger partial charge in [-0.25, -0.2) is 0 Å². The van der Waals surface area contributed by atoms with Gasteiger partial charge in [0.25, 0.3) is 0 Å². The predicted octanol–water partition coefficient (Wildman–Crippen LogP) is 4.66. The lowest BCUT2D eigenvalue weighted by molar-refractivity contribution is -0.182. The lowest BCUT2D eigenvalue weighted by Crippen LogP contribution is -2.50. The second-order valence-electron chi connectivity index (χ2n) is 7.57. The van der Waals surface area contributed by atoms with Gasteiger partial charge in [-0.3, -0.25) is 9.59 Å². The second-order valence-corrected chi connectivity index (χ2v) is 7.57. The molecule has 2 atom stereocenters. The van der Waals surface area contributed by atoms with Crippen LogP contribution in [0.1, 0.15) is 80.6 Å². The summed E-state index contributed by atoms with van der Waals surface area (Å²) in [6.07, 6.45) is 3.62. The molecular formula is C18H34O4. The normalized spacial score (nSPS) is 16.2. The summed E-state index contributed by atoms with van der Waals surface area (Å²) in [5.74, 6) is -1.06. The fourth-order valence-electron chi connectivity index (χ4n) is 2.89. The molecule has 4 nitrogen and oxygen atoms in total. The molecule has 0 bridgehead atoms. The van der Waals surface area contributed by atoms with Crippen molar-refractivity contribution in [2.24, 2.45) is 16.7 Å². The van der Waals surface area contributed by atoms with Crippen molar-refractivity contribution in [3.05, 3.63) is 0 Å². The smallest absolute Gasteiger partial charge is 0.324 e. The third-order valence-electron chi connectivity index (χ3n) is 4.56. The van der Waals surface area contributed by atoms with E-state index in [9.17, 15) is 14.7 Å². The molecule has 4 heteroatoms. The first-order valence-electron chi connectivity index (χ1n) is 8.47. The minimum Gasteiger partial charge on any atom is -0.480 e. The monoisotopic (exact) mass is 314 g/mol. The number of rotatable bonds is 9. The Bertz CT molecular complexity index is 368. The third-order valence-corrected chi connectivity index (χ3v) is 4.56. The number of carboxylic acids is 1. The Labute approximate surface area is 135 Å². The van der Waals surface area contributed by atoms with E-state index in [-0.39, 0.29) is 12.5 Å². The molecule has 22 heavy (non-hydrogen) atoms. The number of hydrogen-bond donors (Lipinski definition) is 1. The van der Waals surface area contributed by atoms with Crippen LogP contribution in [0.5, 0.6) is 0 Å². The zero-order valence-electron chi connectivity index (χ0n) is 15.4. The standard InChI is InChI=1S/C18H34O4/c1-8-14(12-10-11-13(3)4)22-16(21)18(9-2,15(19)20)17(5,6)7/h13-14H,8-12H2,1-7H3,(H,19,20). The Morgan fingerprint density at radius 1 is 1.09 bits per heavy atom. The second kappa shape index (κ2) is 8.54. The molecule has 0 aliphatic carbocycles. The highest BCUT2D eigenvalue weighted by atomic mass is 16.5. The molecule has 0 spiro atoms. The maximum Gasteiger partial charge on any atom is 0.324 e. The van der Waals surface area contributed by atoms with E-state index in [2.05, 4.69) is 13.8 Å². The summed E-state index contributed by atoms with van der Waals surface area (Å²) in [7, 11) is 0. The van der Waals surface area contributed by atoms with Gasteiger partial charge in [0.15, 0.2) is 5.41 Å². The van der Waals surface area contributed by atoms with Gasteiger partial charge in [-0.2, -0.15) is 0 Å². The van der Waals surface area contributed by atoms with Gasteiger partial charge in [0.2, 0.25) is 0 Å². The molecule has 0 aliphatic heterocycles. The number of aliphatic carboxylic acids is 1. The van der Waals surface area contributed by atoms with E-state index in [1.54, 1.807) is 27.7 Å². The van der Waals surface area contributed by atoms with Crippen LogP contribution in [0.25, 0.3) is 0 Å². The highest BCUT2D eigenvalue weighted by Crippen LogP contribution is 2.43. The molecule has 0 aliphatic rings. The van der Waals surface area contributed by atoms with Crippen molar-refractivity contribution < 1.29 is 19.4 Å². The molecule has 0 aromatic heterocycles. The van der Waals surface area contributed by atoms with Crippen LogP contribution in [0.2, 0.25) is 0 Å². The molecular weight excluding hydrogens is 280 g/mol. The topological polar surface area (TPSA) is 63.6 Å². The Hall–Kier alpha value is -1.06. The Morgan fingerprint density at radius 2 is 1.64 bits per heavy atom. The quantitative estimate of drug-likeness (QED) is 0.496. The summed E-state index contributed by atoms with van der Waals surface area (Å²) in [4.78, 5) is 24.5. The molecule has 0 heterocycles. The largest absolute Gasteiger partial charge is 0.480 e. The number of carbonyl (C=O) groups excluding carboxylic acids is 1. The number of hydrogen-bond acceptors (Lipinski definition) is 3. The number of ether oxygens (including phenoxy) is 1. The summed E-state index contributed by atoms with van der Waals surface area (Å²) >= 11 is 0. The van der Waals surface area contributed by atoms with Crippen LogP contribution in [-0.2, 0) is 14.3 Å². The van der Waals surface area contributed by atoms with Crippen LogP contribution in [0.3, 0.4) is 0 Å². The number of carboxylic acid groups (broad SMARTS) is 1. The molecule has 0 saturated carbocycles. The van der Waals surface area contributed by atoms with Gasteiger partial charge in [0.05, 0.1) is 0 Å². The van der Waals surface area contributed by atoms with Gasteiger partial charge >= 0.3 is 11.9 Å². The maximum atomic E-state index is 12.6. The van der Waals surface area contributed by atoms with Crippen molar-refractivity contribution in [2.45, 2.75) is 86.7 Å². The van der Waals surface area contributed by atoms with E-state index in [1.165, 1.54) is 0 Å². The zero-order chi connectivity index (χ0) is 17.6. The maximum absolute atomic E-state index is 12.6. The van der Waals surface area contributed by atoms with Gasteiger partial charge in [0, 0.05) is 0 Å². The van der Waals surface area contributed by atoms with Crippen LogP contribution < -0.4 is 0 Å². The molecule has 2 unspecified atom stereocenters. The lowest BCUT2D eigenvalue weighted by atomic mass is 9.65. The van der Waals surface area contributed by atoms with Crippen molar-refractivity contribution in [1.82, 2.24) is 0 Å². The summed E-state index contributed by atoms with van der Waals surface area (Å²) in [6, 6.07) is 0. The number of esters is 1. The summed E-state index contributed by atoms with van der Waals surface area (Å²) < 4.78 is 5.61. The van der Waals surface area contributed by atoms with E-state index in [0.29, 0.717) is 12.3 Å². The average Bonchev–Trinajstić information content (AvgIpc) is 2.36. The summed E-state index contributed by atoms with van der Waals surface area (Å²) in [5, 5.41) is 9.66. The van der Waals surface area contributed by atoms with Gasteiger partial charge in [-0.05, 0) is 37.0 Å².